The highest BCUT2D eigenvalue weighted by atomic mass is 32.2. The molecule has 1 aliphatic rings. The number of carbonyl (C=O) groups is 1. The van der Waals surface area contributed by atoms with Crippen LogP contribution in [0.25, 0.3) is 0 Å². The van der Waals surface area contributed by atoms with Crippen LogP contribution in [0.15, 0.2) is 107 Å². The maximum Gasteiger partial charge on any atom is 0.339 e. The lowest BCUT2D eigenvalue weighted by atomic mass is 10.1. The third-order valence-electron chi connectivity index (χ3n) is 6.15. The Balaban J connectivity index is 1.33. The van der Waals surface area contributed by atoms with Gasteiger partial charge in [0, 0.05) is 12.5 Å². The lowest BCUT2D eigenvalue weighted by molar-refractivity contribution is -0.134. The van der Waals surface area contributed by atoms with Crippen LogP contribution in [0, 0.1) is 11.7 Å². The van der Waals surface area contributed by atoms with Crippen molar-refractivity contribution in [2.45, 2.75) is 30.3 Å². The van der Waals surface area contributed by atoms with Gasteiger partial charge in [-0.1, -0.05) is 42.5 Å². The van der Waals surface area contributed by atoms with Gasteiger partial charge in [0.15, 0.2) is 0 Å². The second-order valence-electron chi connectivity index (χ2n) is 8.77. The SMILES string of the molecule is O=C(C1CC1c1ccccc1)N(Cc1cccc(OS(=O)(=O)c2ccc(F)cc2)c1)Cc1ccco1. The van der Waals surface area contributed by atoms with Gasteiger partial charge in [0.2, 0.25) is 5.91 Å². The number of halogens is 1. The topological polar surface area (TPSA) is 76.8 Å². The standard InChI is InChI=1S/C28H24FNO5S/c29-22-11-13-25(14-12-22)36(32,33)35-23-9-4-6-20(16-23)18-30(19-24-10-5-15-34-24)28(31)27-17-26(27)21-7-2-1-3-8-21/h1-16,26-27H,17-19H2. The van der Waals surface area contributed by atoms with E-state index >= 15 is 0 Å². The van der Waals surface area contributed by atoms with E-state index in [9.17, 15) is 17.6 Å². The molecule has 6 nitrogen and oxygen atoms in total. The maximum atomic E-state index is 13.5. The fourth-order valence-electron chi connectivity index (χ4n) is 4.27. The van der Waals surface area contributed by atoms with Gasteiger partial charge in [0.1, 0.15) is 22.2 Å². The molecule has 4 aromatic rings. The predicted molar refractivity (Wildman–Crippen MR) is 131 cm³/mol. The zero-order valence-corrected chi connectivity index (χ0v) is 20.1. The number of carbonyl (C=O) groups excluding carboxylic acids is 1. The van der Waals surface area contributed by atoms with Crippen molar-refractivity contribution in [2.24, 2.45) is 5.92 Å². The molecule has 0 spiro atoms. The van der Waals surface area contributed by atoms with Crippen molar-refractivity contribution in [1.82, 2.24) is 4.90 Å². The van der Waals surface area contributed by atoms with E-state index in [0.29, 0.717) is 17.9 Å². The molecule has 1 fully saturated rings. The summed E-state index contributed by atoms with van der Waals surface area (Å²) in [4.78, 5) is 15.0. The summed E-state index contributed by atoms with van der Waals surface area (Å²) in [6.07, 6.45) is 2.35. The van der Waals surface area contributed by atoms with Crippen molar-refractivity contribution >= 4 is 16.0 Å². The molecule has 0 aliphatic heterocycles. The molecule has 1 aliphatic carbocycles. The van der Waals surface area contributed by atoms with Gasteiger partial charge in [0.05, 0.1) is 12.8 Å². The Kier molecular flexibility index (Phi) is 6.61. The molecule has 2 unspecified atom stereocenters. The van der Waals surface area contributed by atoms with Crippen LogP contribution in [0.2, 0.25) is 0 Å². The molecule has 0 bridgehead atoms. The number of benzene rings is 3. The summed E-state index contributed by atoms with van der Waals surface area (Å²) < 4.78 is 49.2. The average molecular weight is 506 g/mol. The van der Waals surface area contributed by atoms with Gasteiger partial charge in [-0.05, 0) is 72.0 Å². The summed E-state index contributed by atoms with van der Waals surface area (Å²) in [5.74, 6) is 0.323. The van der Waals surface area contributed by atoms with E-state index in [4.69, 9.17) is 8.60 Å². The van der Waals surface area contributed by atoms with Crippen LogP contribution in [-0.2, 0) is 28.0 Å². The van der Waals surface area contributed by atoms with Crippen LogP contribution in [0.1, 0.15) is 29.2 Å². The van der Waals surface area contributed by atoms with Crippen LogP contribution in [0.4, 0.5) is 4.39 Å². The molecule has 36 heavy (non-hydrogen) atoms. The largest absolute Gasteiger partial charge is 0.467 e. The summed E-state index contributed by atoms with van der Waals surface area (Å²) in [6.45, 7) is 0.550. The predicted octanol–water partition coefficient (Wildman–Crippen LogP) is 5.52. The van der Waals surface area contributed by atoms with Crippen molar-refractivity contribution in [3.63, 3.8) is 0 Å². The second-order valence-corrected chi connectivity index (χ2v) is 10.3. The van der Waals surface area contributed by atoms with Crippen molar-refractivity contribution in [1.29, 1.82) is 0 Å². The molecule has 1 saturated carbocycles. The third kappa shape index (κ3) is 5.49. The number of amides is 1. The molecule has 5 rings (SSSR count). The number of nitrogens with zero attached hydrogens (tertiary/aromatic N) is 1. The van der Waals surface area contributed by atoms with Crippen LogP contribution in [0.3, 0.4) is 0 Å². The first kappa shape index (κ1) is 23.8. The lowest BCUT2D eigenvalue weighted by Crippen LogP contribution is -2.31. The van der Waals surface area contributed by atoms with E-state index in [0.717, 1.165) is 36.2 Å². The third-order valence-corrected chi connectivity index (χ3v) is 7.42. The molecular weight excluding hydrogens is 481 g/mol. The summed E-state index contributed by atoms with van der Waals surface area (Å²) >= 11 is 0. The zero-order chi connectivity index (χ0) is 25.1. The number of rotatable bonds is 9. The Morgan fingerprint density at radius 1 is 0.944 bits per heavy atom. The molecule has 8 heteroatoms. The second kappa shape index (κ2) is 9.99. The Bertz CT molecular complexity index is 1440. The summed E-state index contributed by atoms with van der Waals surface area (Å²) in [7, 11) is -4.14. The first-order valence-electron chi connectivity index (χ1n) is 11.5. The Labute approximate surface area is 209 Å². The lowest BCUT2D eigenvalue weighted by Gasteiger charge is -2.22. The molecule has 3 aromatic carbocycles. The van der Waals surface area contributed by atoms with Gasteiger partial charge in [-0.25, -0.2) is 4.39 Å². The zero-order valence-electron chi connectivity index (χ0n) is 19.3. The van der Waals surface area contributed by atoms with Crippen LogP contribution in [-0.4, -0.2) is 19.2 Å². The van der Waals surface area contributed by atoms with Gasteiger partial charge in [0.25, 0.3) is 0 Å². The monoisotopic (exact) mass is 505 g/mol. The summed E-state index contributed by atoms with van der Waals surface area (Å²) in [5.41, 5.74) is 1.86. The van der Waals surface area contributed by atoms with Crippen LogP contribution < -0.4 is 4.18 Å². The minimum Gasteiger partial charge on any atom is -0.467 e. The highest BCUT2D eigenvalue weighted by Gasteiger charge is 2.45. The van der Waals surface area contributed by atoms with Gasteiger partial charge < -0.3 is 13.5 Å². The normalized spacial score (nSPS) is 16.9. The molecule has 184 valence electrons. The van der Waals surface area contributed by atoms with Gasteiger partial charge in [-0.2, -0.15) is 8.42 Å². The summed E-state index contributed by atoms with van der Waals surface area (Å²) in [5, 5.41) is 0. The van der Waals surface area contributed by atoms with Gasteiger partial charge >= 0.3 is 10.1 Å². The van der Waals surface area contributed by atoms with E-state index in [-0.39, 0.29) is 34.9 Å². The Hall–Kier alpha value is -3.91. The van der Waals surface area contributed by atoms with E-state index in [2.05, 4.69) is 0 Å². The maximum absolute atomic E-state index is 13.5. The minimum atomic E-state index is -4.14. The van der Waals surface area contributed by atoms with Crippen molar-refractivity contribution in [2.75, 3.05) is 0 Å². The highest BCUT2D eigenvalue weighted by Crippen LogP contribution is 2.48. The number of hydrogen-bond acceptors (Lipinski definition) is 5. The average Bonchev–Trinajstić information content (AvgIpc) is 3.51. The number of furan rings is 1. The quantitative estimate of drug-likeness (QED) is 0.280. The van der Waals surface area contributed by atoms with E-state index in [1.807, 2.05) is 36.4 Å². The van der Waals surface area contributed by atoms with Crippen molar-refractivity contribution in [3.8, 4) is 5.75 Å². The first-order chi connectivity index (χ1) is 17.4. The van der Waals surface area contributed by atoms with Gasteiger partial charge in [-0.3, -0.25) is 4.79 Å². The Morgan fingerprint density at radius 3 is 2.44 bits per heavy atom. The molecule has 1 heterocycles. The van der Waals surface area contributed by atoms with Crippen LogP contribution in [0.5, 0.6) is 5.75 Å². The molecule has 1 amide bonds. The molecular formula is C28H24FNO5S. The molecule has 0 radical (unpaired) electrons. The fraction of sp³-hybridized carbons (Fsp3) is 0.179. The summed E-state index contributed by atoms with van der Waals surface area (Å²) in [6, 6.07) is 24.6. The van der Waals surface area contributed by atoms with Crippen molar-refractivity contribution < 1.29 is 26.2 Å². The van der Waals surface area contributed by atoms with E-state index in [1.165, 1.54) is 6.07 Å². The fourth-order valence-corrected chi connectivity index (χ4v) is 5.19. The number of hydrogen-bond donors (Lipinski definition) is 0. The molecule has 2 atom stereocenters. The highest BCUT2D eigenvalue weighted by molar-refractivity contribution is 7.87. The van der Waals surface area contributed by atoms with E-state index < -0.39 is 15.9 Å². The molecule has 1 aromatic heterocycles. The molecule has 0 saturated heterocycles. The van der Waals surface area contributed by atoms with E-state index in [1.54, 1.807) is 35.4 Å². The molecule has 0 N–H and O–H groups in total. The van der Waals surface area contributed by atoms with Gasteiger partial charge in [-0.15, -0.1) is 0 Å². The first-order valence-corrected chi connectivity index (χ1v) is 12.9. The van der Waals surface area contributed by atoms with Crippen molar-refractivity contribution in [3.05, 3.63) is 120 Å². The smallest absolute Gasteiger partial charge is 0.339 e. The Morgan fingerprint density at radius 2 is 1.72 bits per heavy atom. The minimum absolute atomic E-state index is 0.0190. The van der Waals surface area contributed by atoms with Crippen LogP contribution >= 0.6 is 0 Å².